The number of hydrogen-bond acceptors (Lipinski definition) is 1. The molecule has 2 aliphatic heterocycles. The molecular formula is C13H15N. The van der Waals surface area contributed by atoms with Crippen molar-refractivity contribution in [2.45, 2.75) is 31.3 Å². The highest BCUT2D eigenvalue weighted by atomic mass is 15.2. The molecule has 2 aliphatic rings. The van der Waals surface area contributed by atoms with Crippen LogP contribution in [0.3, 0.4) is 0 Å². The molecule has 0 radical (unpaired) electrons. The number of anilines is 1. The number of benzene rings is 1. The molecule has 14 heavy (non-hydrogen) atoms. The van der Waals surface area contributed by atoms with E-state index in [1.54, 1.807) is 0 Å². The Morgan fingerprint density at radius 1 is 1.07 bits per heavy atom. The molecule has 1 heteroatoms. The zero-order chi connectivity index (χ0) is 9.38. The molecule has 0 spiro atoms. The van der Waals surface area contributed by atoms with E-state index < -0.39 is 0 Å². The molecule has 0 aliphatic carbocycles. The van der Waals surface area contributed by atoms with Crippen molar-refractivity contribution in [3.63, 3.8) is 0 Å². The molecule has 2 bridgehead atoms. The van der Waals surface area contributed by atoms with Crippen LogP contribution < -0.4 is 4.90 Å². The smallest absolute Gasteiger partial charge is 0.0477 e. The Labute approximate surface area is 85.0 Å². The lowest BCUT2D eigenvalue weighted by Gasteiger charge is -2.33. The highest BCUT2D eigenvalue weighted by Gasteiger charge is 2.33. The van der Waals surface area contributed by atoms with Crippen LogP contribution in [0.2, 0.25) is 0 Å². The van der Waals surface area contributed by atoms with Gasteiger partial charge in [0.15, 0.2) is 0 Å². The Bertz CT molecular complexity index is 342. The third kappa shape index (κ3) is 1.16. The van der Waals surface area contributed by atoms with E-state index in [1.807, 2.05) is 0 Å². The topological polar surface area (TPSA) is 3.24 Å². The van der Waals surface area contributed by atoms with Crippen LogP contribution in [-0.2, 0) is 0 Å². The first-order chi connectivity index (χ1) is 6.95. The second kappa shape index (κ2) is 3.16. The van der Waals surface area contributed by atoms with E-state index in [0.29, 0.717) is 6.04 Å². The fourth-order valence-electron chi connectivity index (χ4n) is 2.73. The average Bonchev–Trinajstić information content (AvgIpc) is 2.50. The van der Waals surface area contributed by atoms with Crippen molar-refractivity contribution < 1.29 is 0 Å². The average molecular weight is 185 g/mol. The molecule has 1 nitrogen and oxygen atoms in total. The van der Waals surface area contributed by atoms with Crippen molar-refractivity contribution in [3.05, 3.63) is 42.5 Å². The summed E-state index contributed by atoms with van der Waals surface area (Å²) in [6.07, 6.45) is 8.63. The molecule has 1 aromatic carbocycles. The summed E-state index contributed by atoms with van der Waals surface area (Å²) in [7, 11) is 0. The van der Waals surface area contributed by atoms with Gasteiger partial charge in [0.25, 0.3) is 0 Å². The zero-order valence-corrected chi connectivity index (χ0v) is 8.26. The first-order valence-electron chi connectivity index (χ1n) is 5.45. The number of para-hydroxylation sites is 1. The summed E-state index contributed by atoms with van der Waals surface area (Å²) in [6.45, 7) is 0. The van der Waals surface area contributed by atoms with E-state index in [9.17, 15) is 0 Å². The maximum atomic E-state index is 2.58. The predicted octanol–water partition coefficient (Wildman–Crippen LogP) is 2.98. The van der Waals surface area contributed by atoms with Crippen LogP contribution in [0.5, 0.6) is 0 Å². The Balaban J connectivity index is 1.96. The number of hydrogen-bond donors (Lipinski definition) is 0. The zero-order valence-electron chi connectivity index (χ0n) is 8.26. The van der Waals surface area contributed by atoms with Crippen molar-refractivity contribution in [3.8, 4) is 0 Å². The summed E-state index contributed by atoms with van der Waals surface area (Å²) < 4.78 is 0. The molecule has 0 saturated carbocycles. The molecule has 72 valence electrons. The van der Waals surface area contributed by atoms with Crippen LogP contribution in [0.1, 0.15) is 19.3 Å². The normalized spacial score (nSPS) is 29.6. The summed E-state index contributed by atoms with van der Waals surface area (Å²) in [5.74, 6) is 0. The Morgan fingerprint density at radius 3 is 2.71 bits per heavy atom. The quantitative estimate of drug-likeness (QED) is 0.608. The maximum Gasteiger partial charge on any atom is 0.0477 e. The van der Waals surface area contributed by atoms with Crippen LogP contribution in [0, 0.1) is 0 Å². The van der Waals surface area contributed by atoms with Gasteiger partial charge >= 0.3 is 0 Å². The summed E-state index contributed by atoms with van der Waals surface area (Å²) in [6, 6.07) is 12.2. The Morgan fingerprint density at radius 2 is 1.93 bits per heavy atom. The minimum Gasteiger partial charge on any atom is -0.362 e. The van der Waals surface area contributed by atoms with Gasteiger partial charge in [0.05, 0.1) is 0 Å². The number of nitrogens with zero attached hydrogens (tertiary/aromatic N) is 1. The van der Waals surface area contributed by atoms with Crippen LogP contribution >= 0.6 is 0 Å². The van der Waals surface area contributed by atoms with Gasteiger partial charge in [-0.1, -0.05) is 30.4 Å². The fourth-order valence-corrected chi connectivity index (χ4v) is 2.73. The van der Waals surface area contributed by atoms with Crippen LogP contribution in [-0.4, -0.2) is 12.1 Å². The third-order valence-corrected chi connectivity index (χ3v) is 3.37. The molecule has 1 fully saturated rings. The Kier molecular flexibility index (Phi) is 1.83. The molecule has 0 N–H and O–H groups in total. The Hall–Kier alpha value is -1.24. The monoisotopic (exact) mass is 185 g/mol. The lowest BCUT2D eigenvalue weighted by molar-refractivity contribution is 0.649. The van der Waals surface area contributed by atoms with Crippen molar-refractivity contribution >= 4 is 5.69 Å². The highest BCUT2D eigenvalue weighted by Crippen LogP contribution is 2.35. The SMILES string of the molecule is C1=C[C@@H]2CC[C@H](C1)N2c1ccccc1. The van der Waals surface area contributed by atoms with E-state index in [2.05, 4.69) is 47.4 Å². The van der Waals surface area contributed by atoms with E-state index in [0.717, 1.165) is 6.04 Å². The van der Waals surface area contributed by atoms with Gasteiger partial charge in [-0.15, -0.1) is 0 Å². The van der Waals surface area contributed by atoms with E-state index in [1.165, 1.54) is 24.9 Å². The summed E-state index contributed by atoms with van der Waals surface area (Å²) in [4.78, 5) is 2.58. The van der Waals surface area contributed by atoms with Gasteiger partial charge in [0.2, 0.25) is 0 Å². The lowest BCUT2D eigenvalue weighted by Crippen LogP contribution is -2.37. The minimum absolute atomic E-state index is 0.663. The second-order valence-corrected chi connectivity index (χ2v) is 4.21. The fraction of sp³-hybridized carbons (Fsp3) is 0.385. The standard InChI is InChI=1S/C13H15N/c1-2-5-11(6-3-1)14-12-7-4-8-13(14)10-9-12/h1-7,12-13H,8-10H2/t12-,13+/m1/s1. The molecule has 2 atom stereocenters. The molecular weight excluding hydrogens is 170 g/mol. The van der Waals surface area contributed by atoms with E-state index in [4.69, 9.17) is 0 Å². The molecule has 0 aromatic heterocycles. The molecule has 0 unspecified atom stereocenters. The predicted molar refractivity (Wildman–Crippen MR) is 59.5 cm³/mol. The van der Waals surface area contributed by atoms with Gasteiger partial charge in [-0.05, 0) is 31.4 Å². The van der Waals surface area contributed by atoms with Gasteiger partial charge < -0.3 is 4.90 Å². The first-order valence-corrected chi connectivity index (χ1v) is 5.45. The van der Waals surface area contributed by atoms with Gasteiger partial charge in [0, 0.05) is 17.8 Å². The number of fused-ring (bicyclic) bond motifs is 2. The highest BCUT2D eigenvalue weighted by molar-refractivity contribution is 5.51. The van der Waals surface area contributed by atoms with Crippen molar-refractivity contribution in [2.75, 3.05) is 4.90 Å². The van der Waals surface area contributed by atoms with Crippen molar-refractivity contribution in [1.82, 2.24) is 0 Å². The first kappa shape index (κ1) is 8.10. The summed E-state index contributed by atoms with van der Waals surface area (Å²) >= 11 is 0. The van der Waals surface area contributed by atoms with E-state index in [-0.39, 0.29) is 0 Å². The van der Waals surface area contributed by atoms with Crippen molar-refractivity contribution in [1.29, 1.82) is 0 Å². The molecule has 1 aromatic rings. The molecule has 3 rings (SSSR count). The van der Waals surface area contributed by atoms with Gasteiger partial charge in [-0.2, -0.15) is 0 Å². The van der Waals surface area contributed by atoms with Crippen LogP contribution in [0.4, 0.5) is 5.69 Å². The molecule has 1 saturated heterocycles. The summed E-state index contributed by atoms with van der Waals surface area (Å²) in [5.41, 5.74) is 1.39. The van der Waals surface area contributed by atoms with Gasteiger partial charge in [-0.25, -0.2) is 0 Å². The van der Waals surface area contributed by atoms with Crippen LogP contribution in [0.15, 0.2) is 42.5 Å². The minimum atomic E-state index is 0.663. The van der Waals surface area contributed by atoms with E-state index >= 15 is 0 Å². The van der Waals surface area contributed by atoms with Crippen LogP contribution in [0.25, 0.3) is 0 Å². The van der Waals surface area contributed by atoms with Crippen molar-refractivity contribution in [2.24, 2.45) is 0 Å². The number of rotatable bonds is 1. The van der Waals surface area contributed by atoms with Gasteiger partial charge in [-0.3, -0.25) is 0 Å². The molecule has 0 amide bonds. The summed E-state index contributed by atoms with van der Waals surface area (Å²) in [5, 5.41) is 0. The third-order valence-electron chi connectivity index (χ3n) is 3.37. The largest absolute Gasteiger partial charge is 0.362 e. The second-order valence-electron chi connectivity index (χ2n) is 4.21. The molecule has 2 heterocycles. The van der Waals surface area contributed by atoms with Gasteiger partial charge in [0.1, 0.15) is 0 Å². The maximum absolute atomic E-state index is 2.58. The lowest BCUT2D eigenvalue weighted by atomic mass is 10.1.